The second kappa shape index (κ2) is 4.88. The maximum absolute atomic E-state index is 11.8. The van der Waals surface area contributed by atoms with Crippen molar-refractivity contribution in [2.75, 3.05) is 0 Å². The van der Waals surface area contributed by atoms with Crippen LogP contribution in [-0.4, -0.2) is 12.3 Å². The quantitative estimate of drug-likeness (QED) is 0.862. The molecule has 84 valence electrons. The molecule has 2 N–H and O–H groups in total. The molecule has 0 aliphatic rings. The molecule has 3 nitrogen and oxygen atoms in total. The summed E-state index contributed by atoms with van der Waals surface area (Å²) in [5, 5.41) is 0. The van der Waals surface area contributed by atoms with E-state index in [0.29, 0.717) is 0 Å². The van der Waals surface area contributed by atoms with Crippen molar-refractivity contribution >= 4 is 18.3 Å². The molecule has 0 spiro atoms. The zero-order valence-corrected chi connectivity index (χ0v) is 8.06. The first kappa shape index (κ1) is 13.6. The molecule has 0 unspecified atom stereocenters. The molecular weight excluding hydrogens is 235 g/mol. The third kappa shape index (κ3) is 4.07. The molecular formula is C8H7ClF3NO2. The van der Waals surface area contributed by atoms with E-state index in [-0.39, 0.29) is 18.0 Å². The molecule has 7 heteroatoms. The molecule has 0 atom stereocenters. The van der Waals surface area contributed by atoms with E-state index in [4.69, 9.17) is 5.73 Å². The number of hydrogen-bond donors (Lipinski definition) is 1. The van der Waals surface area contributed by atoms with E-state index in [1.54, 1.807) is 0 Å². The Kier molecular flexibility index (Phi) is 4.41. The number of amides is 1. The van der Waals surface area contributed by atoms with Crippen molar-refractivity contribution in [3.8, 4) is 5.75 Å². The number of rotatable bonds is 2. The molecule has 0 saturated heterocycles. The van der Waals surface area contributed by atoms with E-state index >= 15 is 0 Å². The summed E-state index contributed by atoms with van der Waals surface area (Å²) in [7, 11) is 0. The molecule has 15 heavy (non-hydrogen) atoms. The fraction of sp³-hybridized carbons (Fsp3) is 0.125. The van der Waals surface area contributed by atoms with E-state index < -0.39 is 18.0 Å². The van der Waals surface area contributed by atoms with Gasteiger partial charge in [-0.25, -0.2) is 0 Å². The van der Waals surface area contributed by atoms with Gasteiger partial charge in [-0.2, -0.15) is 0 Å². The Hall–Kier alpha value is -1.43. The third-order valence-electron chi connectivity index (χ3n) is 1.38. The Morgan fingerprint density at radius 2 is 1.80 bits per heavy atom. The first-order valence-electron chi connectivity index (χ1n) is 3.55. The van der Waals surface area contributed by atoms with Crippen molar-refractivity contribution in [2.45, 2.75) is 6.36 Å². The van der Waals surface area contributed by atoms with E-state index in [2.05, 4.69) is 4.74 Å². The van der Waals surface area contributed by atoms with E-state index in [1.807, 2.05) is 0 Å². The Bertz CT molecular complexity index is 354. The zero-order valence-electron chi connectivity index (χ0n) is 7.25. The van der Waals surface area contributed by atoms with Gasteiger partial charge in [0.1, 0.15) is 5.75 Å². The van der Waals surface area contributed by atoms with Crippen molar-refractivity contribution < 1.29 is 22.7 Å². The van der Waals surface area contributed by atoms with Gasteiger partial charge in [0.05, 0.1) is 5.56 Å². The monoisotopic (exact) mass is 241 g/mol. The predicted octanol–water partition coefficient (Wildman–Crippen LogP) is 2.11. The maximum Gasteiger partial charge on any atom is 0.573 e. The van der Waals surface area contributed by atoms with E-state index in [9.17, 15) is 18.0 Å². The highest BCUT2D eigenvalue weighted by molar-refractivity contribution is 5.95. The van der Waals surface area contributed by atoms with Crippen LogP contribution in [0, 0.1) is 0 Å². The zero-order chi connectivity index (χ0) is 10.8. The molecule has 0 aliphatic carbocycles. The molecule has 1 rings (SSSR count). The number of hydrogen-bond acceptors (Lipinski definition) is 2. The number of nitrogens with two attached hydrogens (primary N) is 1. The van der Waals surface area contributed by atoms with Crippen LogP contribution in [0.3, 0.4) is 0 Å². The first-order chi connectivity index (χ1) is 6.40. The average molecular weight is 242 g/mol. The van der Waals surface area contributed by atoms with Crippen molar-refractivity contribution in [1.82, 2.24) is 0 Å². The van der Waals surface area contributed by atoms with Crippen molar-refractivity contribution in [3.63, 3.8) is 0 Å². The number of benzene rings is 1. The summed E-state index contributed by atoms with van der Waals surface area (Å²) in [6, 6.07) is 4.88. The number of primary amides is 1. The van der Waals surface area contributed by atoms with Crippen LogP contribution >= 0.6 is 12.4 Å². The predicted molar refractivity (Wildman–Crippen MR) is 48.9 cm³/mol. The van der Waals surface area contributed by atoms with E-state index in [0.717, 1.165) is 12.1 Å². The summed E-state index contributed by atoms with van der Waals surface area (Å²) in [5.74, 6) is -1.56. The standard InChI is InChI=1S/C8H6F3NO2.ClH/c9-8(10,11)14-6-4-2-1-3-5(6)7(12)13;/h1-4H,(H2,12,13);1H. The van der Waals surface area contributed by atoms with Crippen LogP contribution in [-0.2, 0) is 0 Å². The van der Waals surface area contributed by atoms with Gasteiger partial charge in [-0.3, -0.25) is 4.79 Å². The number of halogens is 4. The van der Waals surface area contributed by atoms with Gasteiger partial charge in [-0.1, -0.05) is 12.1 Å². The first-order valence-corrected chi connectivity index (χ1v) is 3.55. The summed E-state index contributed by atoms with van der Waals surface area (Å²) in [5.41, 5.74) is 4.55. The SMILES string of the molecule is Cl.NC(=O)c1ccccc1OC(F)(F)F. The minimum absolute atomic E-state index is 0. The summed E-state index contributed by atoms with van der Waals surface area (Å²) < 4.78 is 39.0. The van der Waals surface area contributed by atoms with Crippen LogP contribution in [0.4, 0.5) is 13.2 Å². The maximum atomic E-state index is 11.8. The minimum atomic E-state index is -4.83. The van der Waals surface area contributed by atoms with Gasteiger partial charge < -0.3 is 10.5 Å². The van der Waals surface area contributed by atoms with Gasteiger partial charge >= 0.3 is 6.36 Å². The highest BCUT2D eigenvalue weighted by atomic mass is 35.5. The highest BCUT2D eigenvalue weighted by Gasteiger charge is 2.32. The molecule has 1 aromatic carbocycles. The second-order valence-electron chi connectivity index (χ2n) is 2.41. The fourth-order valence-corrected chi connectivity index (χ4v) is 0.884. The van der Waals surface area contributed by atoms with Gasteiger partial charge in [-0.15, -0.1) is 25.6 Å². The lowest BCUT2D eigenvalue weighted by molar-refractivity contribution is -0.274. The van der Waals surface area contributed by atoms with Crippen LogP contribution < -0.4 is 10.5 Å². The second-order valence-corrected chi connectivity index (χ2v) is 2.41. The lowest BCUT2D eigenvalue weighted by atomic mass is 10.2. The summed E-state index contributed by atoms with van der Waals surface area (Å²) in [4.78, 5) is 10.7. The number of alkyl halides is 3. The van der Waals surface area contributed by atoms with Crippen molar-refractivity contribution in [2.24, 2.45) is 5.73 Å². The minimum Gasteiger partial charge on any atom is -0.405 e. The molecule has 1 amide bonds. The Labute approximate surface area is 89.4 Å². The molecule has 1 aromatic rings. The van der Waals surface area contributed by atoms with Crippen molar-refractivity contribution in [1.29, 1.82) is 0 Å². The van der Waals surface area contributed by atoms with Crippen LogP contribution in [0.15, 0.2) is 24.3 Å². The summed E-state index contributed by atoms with van der Waals surface area (Å²) in [6.45, 7) is 0. The molecule has 0 heterocycles. The molecule has 0 aromatic heterocycles. The third-order valence-corrected chi connectivity index (χ3v) is 1.38. The molecule has 0 radical (unpaired) electrons. The Morgan fingerprint density at radius 1 is 1.27 bits per heavy atom. The lowest BCUT2D eigenvalue weighted by Gasteiger charge is -2.10. The fourth-order valence-electron chi connectivity index (χ4n) is 0.884. The van der Waals surface area contributed by atoms with E-state index in [1.165, 1.54) is 12.1 Å². The highest BCUT2D eigenvalue weighted by Crippen LogP contribution is 2.25. The lowest BCUT2D eigenvalue weighted by Crippen LogP contribution is -2.20. The van der Waals surface area contributed by atoms with Crippen LogP contribution in [0.1, 0.15) is 10.4 Å². The summed E-state index contributed by atoms with van der Waals surface area (Å²) >= 11 is 0. The Balaban J connectivity index is 0.00000196. The normalized spacial score (nSPS) is 10.3. The molecule has 0 fully saturated rings. The van der Waals surface area contributed by atoms with Gasteiger partial charge in [-0.05, 0) is 12.1 Å². The summed E-state index contributed by atoms with van der Waals surface area (Å²) in [6.07, 6.45) is -4.83. The molecule has 0 aliphatic heterocycles. The number of carbonyl (C=O) groups is 1. The van der Waals surface area contributed by atoms with Gasteiger partial charge in [0.25, 0.3) is 5.91 Å². The topological polar surface area (TPSA) is 52.3 Å². The van der Waals surface area contributed by atoms with Gasteiger partial charge in [0, 0.05) is 0 Å². The van der Waals surface area contributed by atoms with Crippen LogP contribution in [0.5, 0.6) is 5.75 Å². The van der Waals surface area contributed by atoms with Crippen LogP contribution in [0.2, 0.25) is 0 Å². The largest absolute Gasteiger partial charge is 0.573 e. The van der Waals surface area contributed by atoms with Crippen LogP contribution in [0.25, 0.3) is 0 Å². The molecule has 0 saturated carbocycles. The van der Waals surface area contributed by atoms with Crippen molar-refractivity contribution in [3.05, 3.63) is 29.8 Å². The number of carbonyl (C=O) groups excluding carboxylic acids is 1. The van der Waals surface area contributed by atoms with Gasteiger partial charge in [0.2, 0.25) is 0 Å². The Morgan fingerprint density at radius 3 is 2.27 bits per heavy atom. The number of ether oxygens (including phenoxy) is 1. The smallest absolute Gasteiger partial charge is 0.405 e. The molecule has 0 bridgehead atoms. The number of para-hydroxylation sites is 1. The van der Waals surface area contributed by atoms with Gasteiger partial charge in [0.15, 0.2) is 0 Å². The average Bonchev–Trinajstić information content (AvgIpc) is 2.01.